The lowest BCUT2D eigenvalue weighted by molar-refractivity contribution is 0.101. The third kappa shape index (κ3) is 2.30. The summed E-state index contributed by atoms with van der Waals surface area (Å²) < 4.78 is 0. The maximum atomic E-state index is 11.9. The number of fused-ring (bicyclic) bond motifs is 1. The number of halogens is 1. The van der Waals surface area contributed by atoms with E-state index in [9.17, 15) is 4.79 Å². The van der Waals surface area contributed by atoms with Crippen LogP contribution >= 0.6 is 11.6 Å². The molecule has 1 aromatic carbocycles. The van der Waals surface area contributed by atoms with Crippen molar-refractivity contribution >= 4 is 34.4 Å². The Morgan fingerprint density at radius 2 is 1.90 bits per heavy atom. The lowest BCUT2D eigenvalue weighted by Gasteiger charge is -2.05. The number of aryl methyl sites for hydroxylation is 1. The highest BCUT2D eigenvalue weighted by Gasteiger charge is 2.15. The second-order valence-electron chi connectivity index (χ2n) is 4.05. The van der Waals surface area contributed by atoms with Crippen LogP contribution in [-0.4, -0.2) is 31.1 Å². The molecule has 0 aliphatic heterocycles. The zero-order valence-electron chi connectivity index (χ0n) is 10.4. The van der Waals surface area contributed by atoms with Crippen molar-refractivity contribution in [1.82, 2.24) is 25.1 Å². The van der Waals surface area contributed by atoms with Crippen LogP contribution in [0.25, 0.3) is 11.0 Å². The van der Waals surface area contributed by atoms with E-state index < -0.39 is 5.91 Å². The minimum atomic E-state index is -0.499. The molecule has 0 bridgehead atoms. The molecule has 7 nitrogen and oxygen atoms in total. The van der Waals surface area contributed by atoms with Gasteiger partial charge in [-0.05, 0) is 19.1 Å². The maximum Gasteiger partial charge on any atom is 0.296 e. The first kappa shape index (κ1) is 12.5. The van der Waals surface area contributed by atoms with Gasteiger partial charge >= 0.3 is 0 Å². The van der Waals surface area contributed by atoms with Gasteiger partial charge in [-0.2, -0.15) is 0 Å². The molecule has 3 rings (SSSR count). The van der Waals surface area contributed by atoms with Gasteiger partial charge in [-0.25, -0.2) is 15.0 Å². The van der Waals surface area contributed by atoms with Crippen molar-refractivity contribution in [2.75, 3.05) is 5.32 Å². The Hall–Kier alpha value is -2.54. The Kier molecular flexibility index (Phi) is 3.03. The number of aromatic nitrogens is 5. The summed E-state index contributed by atoms with van der Waals surface area (Å²) in [6.07, 6.45) is 0. The van der Waals surface area contributed by atoms with Gasteiger partial charge in [-0.3, -0.25) is 9.89 Å². The SMILES string of the molecule is Cc1nc(C(=O)Nc2nc3ccccc3nc2Cl)n[nH]1. The number of para-hydroxylation sites is 2. The average molecular weight is 289 g/mol. The van der Waals surface area contributed by atoms with E-state index in [-0.39, 0.29) is 16.8 Å². The van der Waals surface area contributed by atoms with E-state index in [1.54, 1.807) is 19.1 Å². The summed E-state index contributed by atoms with van der Waals surface area (Å²) in [5.41, 5.74) is 1.29. The summed E-state index contributed by atoms with van der Waals surface area (Å²) in [4.78, 5) is 24.3. The van der Waals surface area contributed by atoms with Gasteiger partial charge in [0.25, 0.3) is 5.91 Å². The van der Waals surface area contributed by atoms with Crippen molar-refractivity contribution in [3.63, 3.8) is 0 Å². The highest BCUT2D eigenvalue weighted by atomic mass is 35.5. The highest BCUT2D eigenvalue weighted by Crippen LogP contribution is 2.21. The Labute approximate surface area is 118 Å². The molecule has 0 radical (unpaired) electrons. The van der Waals surface area contributed by atoms with Crippen LogP contribution in [0.1, 0.15) is 16.4 Å². The summed E-state index contributed by atoms with van der Waals surface area (Å²) in [5, 5.41) is 9.01. The van der Waals surface area contributed by atoms with Crippen LogP contribution in [0.5, 0.6) is 0 Å². The standard InChI is InChI=1S/C12H9ClN6O/c1-6-14-11(19-18-6)12(20)17-10-9(13)15-7-4-2-3-5-8(7)16-10/h2-5H,1H3,(H,14,18,19)(H,16,17,20). The van der Waals surface area contributed by atoms with Gasteiger partial charge in [0.2, 0.25) is 5.82 Å². The van der Waals surface area contributed by atoms with E-state index in [4.69, 9.17) is 11.6 Å². The zero-order valence-corrected chi connectivity index (χ0v) is 11.1. The smallest absolute Gasteiger partial charge is 0.296 e. The summed E-state index contributed by atoms with van der Waals surface area (Å²) >= 11 is 6.00. The van der Waals surface area contributed by atoms with E-state index >= 15 is 0 Å². The number of rotatable bonds is 2. The summed E-state index contributed by atoms with van der Waals surface area (Å²) in [6.45, 7) is 1.70. The number of carbonyl (C=O) groups is 1. The molecule has 20 heavy (non-hydrogen) atoms. The normalized spacial score (nSPS) is 10.7. The summed E-state index contributed by atoms with van der Waals surface area (Å²) in [7, 11) is 0. The quantitative estimate of drug-likeness (QED) is 0.751. The van der Waals surface area contributed by atoms with E-state index in [0.717, 1.165) is 0 Å². The minimum absolute atomic E-state index is 0.0218. The molecule has 8 heteroatoms. The number of anilines is 1. The Morgan fingerprint density at radius 3 is 2.55 bits per heavy atom. The number of H-pyrrole nitrogens is 1. The third-order valence-electron chi connectivity index (χ3n) is 2.56. The van der Waals surface area contributed by atoms with Crippen molar-refractivity contribution < 1.29 is 4.79 Å². The van der Waals surface area contributed by atoms with Crippen LogP contribution in [0.2, 0.25) is 5.15 Å². The van der Waals surface area contributed by atoms with Gasteiger partial charge in [0.15, 0.2) is 11.0 Å². The first-order valence-corrected chi connectivity index (χ1v) is 6.14. The van der Waals surface area contributed by atoms with Crippen LogP contribution in [0.4, 0.5) is 5.82 Å². The molecule has 100 valence electrons. The van der Waals surface area contributed by atoms with Gasteiger partial charge in [0, 0.05) is 0 Å². The first-order chi connectivity index (χ1) is 9.63. The molecule has 3 aromatic rings. The van der Waals surface area contributed by atoms with E-state index in [0.29, 0.717) is 16.9 Å². The second kappa shape index (κ2) is 4.86. The lowest BCUT2D eigenvalue weighted by Crippen LogP contribution is -2.15. The average Bonchev–Trinajstić information content (AvgIpc) is 2.86. The van der Waals surface area contributed by atoms with E-state index in [2.05, 4.69) is 30.5 Å². The molecule has 2 heterocycles. The van der Waals surface area contributed by atoms with Crippen LogP contribution in [-0.2, 0) is 0 Å². The number of benzene rings is 1. The van der Waals surface area contributed by atoms with Crippen LogP contribution in [0, 0.1) is 6.92 Å². The molecule has 0 spiro atoms. The van der Waals surface area contributed by atoms with Crippen molar-refractivity contribution in [3.8, 4) is 0 Å². The monoisotopic (exact) mass is 288 g/mol. The van der Waals surface area contributed by atoms with Crippen LogP contribution < -0.4 is 5.32 Å². The number of carbonyl (C=O) groups excluding carboxylic acids is 1. The molecule has 0 saturated carbocycles. The topological polar surface area (TPSA) is 96.5 Å². The van der Waals surface area contributed by atoms with Gasteiger partial charge in [0.1, 0.15) is 5.82 Å². The van der Waals surface area contributed by atoms with Crippen molar-refractivity contribution in [3.05, 3.63) is 41.1 Å². The Balaban J connectivity index is 1.94. The maximum absolute atomic E-state index is 11.9. The molecule has 2 N–H and O–H groups in total. The third-order valence-corrected chi connectivity index (χ3v) is 2.82. The largest absolute Gasteiger partial charge is 0.301 e. The number of nitrogens with zero attached hydrogens (tertiary/aromatic N) is 4. The number of aromatic amines is 1. The lowest BCUT2D eigenvalue weighted by atomic mass is 10.3. The fourth-order valence-corrected chi connectivity index (χ4v) is 1.85. The number of amides is 1. The molecule has 2 aromatic heterocycles. The predicted molar refractivity (Wildman–Crippen MR) is 73.6 cm³/mol. The molecule has 0 aliphatic carbocycles. The number of nitrogens with one attached hydrogen (secondary N) is 2. The molecule has 1 amide bonds. The van der Waals surface area contributed by atoms with Crippen molar-refractivity contribution in [2.45, 2.75) is 6.92 Å². The van der Waals surface area contributed by atoms with Crippen molar-refractivity contribution in [1.29, 1.82) is 0 Å². The predicted octanol–water partition coefficient (Wildman–Crippen LogP) is 1.96. The molecular weight excluding hydrogens is 280 g/mol. The molecule has 0 atom stereocenters. The summed E-state index contributed by atoms with van der Waals surface area (Å²) in [5.74, 6) is 0.248. The highest BCUT2D eigenvalue weighted by molar-refractivity contribution is 6.32. The molecule has 0 saturated heterocycles. The molecular formula is C12H9ClN6O. The number of hydrogen-bond donors (Lipinski definition) is 2. The first-order valence-electron chi connectivity index (χ1n) is 5.76. The molecule has 0 aliphatic rings. The number of hydrogen-bond acceptors (Lipinski definition) is 5. The van der Waals surface area contributed by atoms with Gasteiger partial charge in [-0.1, -0.05) is 23.7 Å². The Bertz CT molecular complexity index is 799. The molecule has 0 fully saturated rings. The van der Waals surface area contributed by atoms with Gasteiger partial charge in [0.05, 0.1) is 11.0 Å². The van der Waals surface area contributed by atoms with Gasteiger partial charge < -0.3 is 5.32 Å². The van der Waals surface area contributed by atoms with Gasteiger partial charge in [-0.15, -0.1) is 5.10 Å². The minimum Gasteiger partial charge on any atom is -0.301 e. The second-order valence-corrected chi connectivity index (χ2v) is 4.41. The fourth-order valence-electron chi connectivity index (χ4n) is 1.67. The van der Waals surface area contributed by atoms with Crippen LogP contribution in [0.3, 0.4) is 0 Å². The van der Waals surface area contributed by atoms with Crippen LogP contribution in [0.15, 0.2) is 24.3 Å². The van der Waals surface area contributed by atoms with Crippen molar-refractivity contribution in [2.24, 2.45) is 0 Å². The Morgan fingerprint density at radius 1 is 1.20 bits per heavy atom. The van der Waals surface area contributed by atoms with E-state index in [1.807, 2.05) is 12.1 Å². The zero-order chi connectivity index (χ0) is 14.1. The van der Waals surface area contributed by atoms with E-state index in [1.165, 1.54) is 0 Å². The summed E-state index contributed by atoms with van der Waals surface area (Å²) in [6, 6.07) is 7.24. The molecule has 0 unspecified atom stereocenters. The fraction of sp³-hybridized carbons (Fsp3) is 0.0833.